The summed E-state index contributed by atoms with van der Waals surface area (Å²) in [5, 5.41) is 11.1. The van der Waals surface area contributed by atoms with Crippen molar-refractivity contribution in [2.24, 2.45) is 5.92 Å². The predicted molar refractivity (Wildman–Crippen MR) is 144 cm³/mol. The Morgan fingerprint density at radius 3 is 2.19 bits per heavy atom. The van der Waals surface area contributed by atoms with Crippen LogP contribution in [0.25, 0.3) is 33.1 Å². The van der Waals surface area contributed by atoms with Gasteiger partial charge in [-0.25, -0.2) is 8.42 Å². The van der Waals surface area contributed by atoms with Gasteiger partial charge >= 0.3 is 5.97 Å². The fraction of sp³-hybridized carbons (Fsp3) is 0.138. The van der Waals surface area contributed by atoms with Gasteiger partial charge in [0.2, 0.25) is 9.84 Å². The van der Waals surface area contributed by atoms with E-state index < -0.39 is 21.7 Å². The highest BCUT2D eigenvalue weighted by Crippen LogP contribution is 2.36. The van der Waals surface area contributed by atoms with Gasteiger partial charge < -0.3 is 9.52 Å². The zero-order valence-corrected chi connectivity index (χ0v) is 21.2. The van der Waals surface area contributed by atoms with Gasteiger partial charge in [-0.05, 0) is 41.5 Å². The number of rotatable bonds is 8. The molecule has 5 aromatic rings. The van der Waals surface area contributed by atoms with E-state index in [-0.39, 0.29) is 9.79 Å². The molecule has 1 heterocycles. The number of hydrogen-bond acceptors (Lipinski definition) is 5. The fourth-order valence-corrected chi connectivity index (χ4v) is 6.42. The van der Waals surface area contributed by atoms with Crippen molar-refractivity contribution < 1.29 is 22.7 Å². The van der Waals surface area contributed by atoms with Crippen LogP contribution in [0.1, 0.15) is 12.5 Å². The standard InChI is InChI=1S/C29H24O5S2/c1-19(29(30)31)17-35-18-20-9-13-22(14-10-20)36(32,33)23-15-11-21(12-16-23)24-6-4-7-26-25-5-2-3-8-27(25)34-28(24)26/h2-16,19H,17-18H2,1H3,(H,30,31). The number of aliphatic carboxylic acids is 1. The maximum Gasteiger partial charge on any atom is 0.307 e. The second-order valence-electron chi connectivity index (χ2n) is 8.71. The molecule has 1 unspecified atom stereocenters. The first-order valence-electron chi connectivity index (χ1n) is 11.5. The van der Waals surface area contributed by atoms with Crippen molar-refractivity contribution in [3.05, 3.63) is 96.6 Å². The molecule has 5 nitrogen and oxygen atoms in total. The monoisotopic (exact) mass is 516 g/mol. The average Bonchev–Trinajstić information content (AvgIpc) is 3.28. The molecule has 0 fully saturated rings. The minimum Gasteiger partial charge on any atom is -0.481 e. The van der Waals surface area contributed by atoms with Gasteiger partial charge in [0.15, 0.2) is 0 Å². The highest BCUT2D eigenvalue weighted by molar-refractivity contribution is 7.98. The highest BCUT2D eigenvalue weighted by atomic mass is 32.2. The van der Waals surface area contributed by atoms with E-state index in [2.05, 4.69) is 0 Å². The molecule has 182 valence electrons. The zero-order chi connectivity index (χ0) is 25.3. The summed E-state index contributed by atoms with van der Waals surface area (Å²) in [6, 6.07) is 27.5. The van der Waals surface area contributed by atoms with Crippen LogP contribution in [-0.4, -0.2) is 25.2 Å². The molecular formula is C29H24O5S2. The minimum atomic E-state index is -3.67. The lowest BCUT2D eigenvalue weighted by Gasteiger charge is -2.09. The number of sulfone groups is 1. The number of carboxylic acid groups (broad SMARTS) is 1. The second kappa shape index (κ2) is 9.84. The SMILES string of the molecule is CC(CSCc1ccc(S(=O)(=O)c2ccc(-c3cccc4c3oc3ccccc34)cc2)cc1)C(=O)O. The normalized spacial score (nSPS) is 12.7. The van der Waals surface area contributed by atoms with E-state index in [1.807, 2.05) is 54.6 Å². The topological polar surface area (TPSA) is 84.6 Å². The van der Waals surface area contributed by atoms with Crippen LogP contribution in [0, 0.1) is 5.92 Å². The van der Waals surface area contributed by atoms with E-state index in [1.165, 1.54) is 11.8 Å². The Bertz CT molecular complexity index is 1650. The molecule has 0 spiro atoms. The van der Waals surface area contributed by atoms with E-state index in [0.717, 1.165) is 38.6 Å². The number of benzene rings is 4. The van der Waals surface area contributed by atoms with E-state index in [9.17, 15) is 13.2 Å². The van der Waals surface area contributed by atoms with Gasteiger partial charge in [0, 0.05) is 27.8 Å². The Balaban J connectivity index is 1.36. The molecule has 0 saturated carbocycles. The van der Waals surface area contributed by atoms with Gasteiger partial charge in [-0.15, -0.1) is 0 Å². The number of thioether (sulfide) groups is 1. The Morgan fingerprint density at radius 1 is 0.861 bits per heavy atom. The van der Waals surface area contributed by atoms with E-state index >= 15 is 0 Å². The summed E-state index contributed by atoms with van der Waals surface area (Å²) in [5.41, 5.74) is 4.33. The first-order chi connectivity index (χ1) is 17.3. The van der Waals surface area contributed by atoms with Gasteiger partial charge in [-0.2, -0.15) is 11.8 Å². The largest absolute Gasteiger partial charge is 0.481 e. The zero-order valence-electron chi connectivity index (χ0n) is 19.5. The van der Waals surface area contributed by atoms with Gasteiger partial charge in [0.05, 0.1) is 15.7 Å². The Labute approximate surface area is 213 Å². The average molecular weight is 517 g/mol. The van der Waals surface area contributed by atoms with Crippen molar-refractivity contribution in [3.8, 4) is 11.1 Å². The third-order valence-electron chi connectivity index (χ3n) is 6.17. The summed E-state index contributed by atoms with van der Waals surface area (Å²) in [7, 11) is -3.67. The van der Waals surface area contributed by atoms with Crippen molar-refractivity contribution >= 4 is 49.5 Å². The Hall–Kier alpha value is -3.55. The molecule has 0 aliphatic heterocycles. The van der Waals surface area contributed by atoms with Crippen LogP contribution in [0.4, 0.5) is 0 Å². The lowest BCUT2D eigenvalue weighted by atomic mass is 10.0. The molecule has 1 N–H and O–H groups in total. The van der Waals surface area contributed by atoms with Gasteiger partial charge in [0.1, 0.15) is 11.2 Å². The molecule has 7 heteroatoms. The quantitative estimate of drug-likeness (QED) is 0.238. The lowest BCUT2D eigenvalue weighted by Crippen LogP contribution is -2.11. The van der Waals surface area contributed by atoms with Crippen molar-refractivity contribution in [2.45, 2.75) is 22.5 Å². The third-order valence-corrected chi connectivity index (χ3v) is 9.23. The highest BCUT2D eigenvalue weighted by Gasteiger charge is 2.19. The van der Waals surface area contributed by atoms with E-state index in [1.54, 1.807) is 43.3 Å². The molecule has 0 aliphatic carbocycles. The summed E-state index contributed by atoms with van der Waals surface area (Å²) >= 11 is 1.52. The Kier molecular flexibility index (Phi) is 6.60. The molecule has 0 saturated heterocycles. The number of furan rings is 1. The third kappa shape index (κ3) is 4.64. The molecule has 0 aliphatic rings. The lowest BCUT2D eigenvalue weighted by molar-refractivity contribution is -0.140. The van der Waals surface area contributed by atoms with E-state index in [0.29, 0.717) is 11.5 Å². The second-order valence-corrected chi connectivity index (χ2v) is 11.7. The molecule has 0 bridgehead atoms. The maximum atomic E-state index is 13.2. The van der Waals surface area contributed by atoms with Crippen LogP contribution in [0.2, 0.25) is 0 Å². The Morgan fingerprint density at radius 2 is 1.50 bits per heavy atom. The number of fused-ring (bicyclic) bond motifs is 3. The molecular weight excluding hydrogens is 492 g/mol. The summed E-state index contributed by atoms with van der Waals surface area (Å²) in [6.07, 6.45) is 0. The molecule has 4 aromatic carbocycles. The van der Waals surface area contributed by atoms with Crippen molar-refractivity contribution in [3.63, 3.8) is 0 Å². The summed E-state index contributed by atoms with van der Waals surface area (Å²) in [6.45, 7) is 1.67. The summed E-state index contributed by atoms with van der Waals surface area (Å²) in [4.78, 5) is 11.4. The van der Waals surface area contributed by atoms with Gasteiger partial charge in [0.25, 0.3) is 0 Å². The number of carbonyl (C=O) groups is 1. The van der Waals surface area contributed by atoms with Crippen LogP contribution >= 0.6 is 11.8 Å². The number of hydrogen-bond donors (Lipinski definition) is 1. The summed E-state index contributed by atoms with van der Waals surface area (Å²) in [5.74, 6) is -0.107. The fourth-order valence-electron chi connectivity index (χ4n) is 4.11. The van der Waals surface area contributed by atoms with Gasteiger partial charge in [-0.3, -0.25) is 4.79 Å². The molecule has 5 rings (SSSR count). The molecule has 0 radical (unpaired) electrons. The van der Waals surface area contributed by atoms with E-state index in [4.69, 9.17) is 9.52 Å². The van der Waals surface area contributed by atoms with Crippen LogP contribution in [-0.2, 0) is 20.4 Å². The van der Waals surface area contributed by atoms with Crippen LogP contribution in [0.5, 0.6) is 0 Å². The maximum absolute atomic E-state index is 13.2. The smallest absolute Gasteiger partial charge is 0.307 e. The molecule has 0 amide bonds. The first-order valence-corrected chi connectivity index (χ1v) is 14.1. The van der Waals surface area contributed by atoms with Crippen molar-refractivity contribution in [2.75, 3.05) is 5.75 Å². The van der Waals surface area contributed by atoms with Gasteiger partial charge in [-0.1, -0.05) is 67.6 Å². The molecule has 36 heavy (non-hydrogen) atoms. The number of para-hydroxylation sites is 2. The number of carboxylic acids is 1. The summed E-state index contributed by atoms with van der Waals surface area (Å²) < 4.78 is 32.5. The van der Waals surface area contributed by atoms with Crippen LogP contribution < -0.4 is 0 Å². The van der Waals surface area contributed by atoms with Crippen molar-refractivity contribution in [1.82, 2.24) is 0 Å². The van der Waals surface area contributed by atoms with Crippen LogP contribution in [0.15, 0.2) is 105 Å². The van der Waals surface area contributed by atoms with Crippen molar-refractivity contribution in [1.29, 1.82) is 0 Å². The van der Waals surface area contributed by atoms with Crippen LogP contribution in [0.3, 0.4) is 0 Å². The molecule has 1 atom stereocenters. The predicted octanol–water partition coefficient (Wildman–Crippen LogP) is 7.04. The molecule has 1 aromatic heterocycles. The minimum absolute atomic E-state index is 0.223. The first kappa shape index (κ1) is 24.2.